The molecule has 68 valence electrons. The van der Waals surface area contributed by atoms with Gasteiger partial charge in [0.05, 0.1) is 12.3 Å². The van der Waals surface area contributed by atoms with E-state index >= 15 is 0 Å². The Kier molecular flexibility index (Phi) is 3.18. The molecule has 0 aliphatic carbocycles. The molecule has 0 saturated heterocycles. The molecule has 4 N–H and O–H groups in total. The highest BCUT2D eigenvalue weighted by Gasteiger charge is 1.95. The molecule has 0 fully saturated rings. The van der Waals surface area contributed by atoms with Crippen LogP contribution in [0.4, 0.5) is 5.69 Å². The quantitative estimate of drug-likeness (QED) is 0.336. The van der Waals surface area contributed by atoms with E-state index in [1.54, 1.807) is 12.1 Å². The van der Waals surface area contributed by atoms with E-state index in [4.69, 9.17) is 15.9 Å². The molecule has 0 aliphatic rings. The zero-order valence-electron chi connectivity index (χ0n) is 7.12. The summed E-state index contributed by atoms with van der Waals surface area (Å²) >= 11 is 0. The summed E-state index contributed by atoms with van der Waals surface area (Å²) < 4.78 is 0. The molecule has 1 aromatic rings. The van der Waals surface area contributed by atoms with Crippen LogP contribution in [0.3, 0.4) is 0 Å². The maximum absolute atomic E-state index is 9.10. The van der Waals surface area contributed by atoms with Gasteiger partial charge in [0, 0.05) is 12.0 Å². The third-order valence-electron chi connectivity index (χ3n) is 1.50. The van der Waals surface area contributed by atoms with Gasteiger partial charge in [-0.1, -0.05) is 11.8 Å². The lowest BCUT2D eigenvalue weighted by Gasteiger charge is -1.97. The van der Waals surface area contributed by atoms with Crippen molar-refractivity contribution in [2.75, 3.05) is 12.3 Å². The third-order valence-corrected chi connectivity index (χ3v) is 1.50. The van der Waals surface area contributed by atoms with Crippen LogP contribution in [0.2, 0.25) is 0 Å². The molecule has 0 heterocycles. The molecule has 0 radical (unpaired) electrons. The van der Waals surface area contributed by atoms with E-state index in [0.717, 1.165) is 5.56 Å². The van der Waals surface area contributed by atoms with Crippen molar-refractivity contribution in [3.8, 4) is 17.6 Å². The van der Waals surface area contributed by atoms with Gasteiger partial charge in [0.25, 0.3) is 0 Å². The summed E-state index contributed by atoms with van der Waals surface area (Å²) in [6.45, 7) is 0.0561. The Hall–Kier alpha value is -1.66. The number of hydrogen-bond acceptors (Lipinski definition) is 3. The monoisotopic (exact) mass is 177 g/mol. The van der Waals surface area contributed by atoms with E-state index in [1.165, 1.54) is 6.07 Å². The van der Waals surface area contributed by atoms with Crippen LogP contribution in [0.15, 0.2) is 18.2 Å². The topological polar surface area (TPSA) is 66.5 Å². The smallest absolute Gasteiger partial charge is 0.138 e. The van der Waals surface area contributed by atoms with Crippen molar-refractivity contribution in [2.45, 2.75) is 6.42 Å². The minimum absolute atomic E-state index is 0.0561. The van der Waals surface area contributed by atoms with Gasteiger partial charge in [-0.25, -0.2) is 0 Å². The van der Waals surface area contributed by atoms with Gasteiger partial charge in [0.2, 0.25) is 0 Å². The molecular formula is C10H11NO2. The van der Waals surface area contributed by atoms with Crippen LogP contribution in [-0.4, -0.2) is 16.8 Å². The fourth-order valence-electron chi connectivity index (χ4n) is 0.853. The predicted octanol–water partition coefficient (Wildman–Crippen LogP) is 0.708. The first-order chi connectivity index (χ1) is 6.24. The lowest BCUT2D eigenvalue weighted by Crippen LogP contribution is -1.86. The number of aliphatic hydroxyl groups excluding tert-OH is 1. The van der Waals surface area contributed by atoms with Gasteiger partial charge in [-0.05, 0) is 18.2 Å². The second-order valence-electron chi connectivity index (χ2n) is 2.55. The van der Waals surface area contributed by atoms with Crippen LogP contribution in [0, 0.1) is 11.8 Å². The highest BCUT2D eigenvalue weighted by molar-refractivity contribution is 5.56. The van der Waals surface area contributed by atoms with Crippen molar-refractivity contribution in [1.82, 2.24) is 0 Å². The molecule has 0 aromatic heterocycles. The van der Waals surface area contributed by atoms with Crippen molar-refractivity contribution < 1.29 is 10.2 Å². The maximum atomic E-state index is 9.10. The molecule has 0 bridgehead atoms. The Balaban J connectivity index is 2.81. The van der Waals surface area contributed by atoms with Crippen molar-refractivity contribution in [3.63, 3.8) is 0 Å². The maximum Gasteiger partial charge on any atom is 0.138 e. The van der Waals surface area contributed by atoms with Gasteiger partial charge < -0.3 is 15.9 Å². The fourth-order valence-corrected chi connectivity index (χ4v) is 0.853. The first kappa shape index (κ1) is 9.43. The molecule has 0 spiro atoms. The van der Waals surface area contributed by atoms with Gasteiger partial charge in [-0.15, -0.1) is 0 Å². The Morgan fingerprint density at radius 1 is 1.38 bits per heavy atom. The number of benzene rings is 1. The van der Waals surface area contributed by atoms with Crippen molar-refractivity contribution in [2.24, 2.45) is 0 Å². The number of anilines is 1. The van der Waals surface area contributed by atoms with Crippen molar-refractivity contribution >= 4 is 5.69 Å². The first-order valence-corrected chi connectivity index (χ1v) is 3.92. The standard InChI is InChI=1S/C10H11NO2/c11-9-7-8(3-1-2-6-12)4-5-10(9)13/h4-5,7,12-13H,2,6,11H2. The van der Waals surface area contributed by atoms with E-state index in [2.05, 4.69) is 11.8 Å². The molecule has 3 nitrogen and oxygen atoms in total. The molecule has 1 aromatic carbocycles. The normalized spacial score (nSPS) is 9.00. The zero-order valence-corrected chi connectivity index (χ0v) is 7.12. The molecule has 0 unspecified atom stereocenters. The van der Waals surface area contributed by atoms with Gasteiger partial charge in [-0.3, -0.25) is 0 Å². The highest BCUT2D eigenvalue weighted by Crippen LogP contribution is 2.19. The van der Waals surface area contributed by atoms with Crippen LogP contribution in [0.5, 0.6) is 5.75 Å². The minimum atomic E-state index is 0.0561. The average Bonchev–Trinajstić information content (AvgIpc) is 2.12. The van der Waals surface area contributed by atoms with Crippen LogP contribution in [-0.2, 0) is 0 Å². The largest absolute Gasteiger partial charge is 0.506 e. The molecule has 13 heavy (non-hydrogen) atoms. The fraction of sp³-hybridized carbons (Fsp3) is 0.200. The number of nitrogens with two attached hydrogens (primary N) is 1. The van der Waals surface area contributed by atoms with E-state index < -0.39 is 0 Å². The minimum Gasteiger partial charge on any atom is -0.506 e. The predicted molar refractivity (Wildman–Crippen MR) is 51.1 cm³/mol. The summed E-state index contributed by atoms with van der Waals surface area (Å²) in [7, 11) is 0. The van der Waals surface area contributed by atoms with Crippen LogP contribution < -0.4 is 5.73 Å². The van der Waals surface area contributed by atoms with E-state index in [1.807, 2.05) is 0 Å². The molecule has 1 rings (SSSR count). The summed E-state index contributed by atoms with van der Waals surface area (Å²) in [4.78, 5) is 0. The van der Waals surface area contributed by atoms with Crippen molar-refractivity contribution in [3.05, 3.63) is 23.8 Å². The Bertz CT molecular complexity index is 350. The summed E-state index contributed by atoms with van der Waals surface area (Å²) in [5.41, 5.74) is 6.51. The van der Waals surface area contributed by atoms with Crippen LogP contribution >= 0.6 is 0 Å². The first-order valence-electron chi connectivity index (χ1n) is 3.92. The lowest BCUT2D eigenvalue weighted by atomic mass is 10.2. The Labute approximate surface area is 76.8 Å². The van der Waals surface area contributed by atoms with Gasteiger partial charge in [0.1, 0.15) is 5.75 Å². The number of aromatic hydroxyl groups is 1. The number of aliphatic hydroxyl groups is 1. The van der Waals surface area contributed by atoms with Gasteiger partial charge >= 0.3 is 0 Å². The molecule has 0 amide bonds. The lowest BCUT2D eigenvalue weighted by molar-refractivity contribution is 0.305. The second kappa shape index (κ2) is 4.39. The Morgan fingerprint density at radius 2 is 2.15 bits per heavy atom. The van der Waals surface area contributed by atoms with Gasteiger partial charge in [-0.2, -0.15) is 0 Å². The molecule has 0 atom stereocenters. The SMILES string of the molecule is Nc1cc(C#CCCO)ccc1O. The molecule has 0 saturated carbocycles. The average molecular weight is 177 g/mol. The molecular weight excluding hydrogens is 166 g/mol. The Morgan fingerprint density at radius 3 is 2.77 bits per heavy atom. The number of phenolic OH excluding ortho intramolecular Hbond substituents is 1. The third kappa shape index (κ3) is 2.69. The van der Waals surface area contributed by atoms with Crippen LogP contribution in [0.25, 0.3) is 0 Å². The number of nitrogen functional groups attached to an aromatic ring is 1. The molecule has 3 heteroatoms. The van der Waals surface area contributed by atoms with E-state index in [0.29, 0.717) is 12.1 Å². The summed E-state index contributed by atoms with van der Waals surface area (Å²) in [5, 5.41) is 17.6. The summed E-state index contributed by atoms with van der Waals surface area (Å²) in [5.74, 6) is 5.64. The van der Waals surface area contributed by atoms with Gasteiger partial charge in [0.15, 0.2) is 0 Å². The number of phenols is 1. The highest BCUT2D eigenvalue weighted by atomic mass is 16.3. The van der Waals surface area contributed by atoms with Crippen molar-refractivity contribution in [1.29, 1.82) is 0 Å². The summed E-state index contributed by atoms with van der Waals surface area (Å²) in [6.07, 6.45) is 0.445. The summed E-state index contributed by atoms with van der Waals surface area (Å²) in [6, 6.07) is 4.77. The second-order valence-corrected chi connectivity index (χ2v) is 2.55. The zero-order chi connectivity index (χ0) is 9.68. The van der Waals surface area contributed by atoms with E-state index in [-0.39, 0.29) is 12.4 Å². The van der Waals surface area contributed by atoms with Crippen LogP contribution in [0.1, 0.15) is 12.0 Å². The van der Waals surface area contributed by atoms with E-state index in [9.17, 15) is 0 Å². The molecule has 0 aliphatic heterocycles. The number of rotatable bonds is 1. The number of hydrogen-bond donors (Lipinski definition) is 3.